The minimum absolute atomic E-state index is 0.458. The van der Waals surface area contributed by atoms with E-state index in [4.69, 9.17) is 9.47 Å². The van der Waals surface area contributed by atoms with Gasteiger partial charge in [-0.25, -0.2) is 0 Å². The van der Waals surface area contributed by atoms with Crippen molar-refractivity contribution < 1.29 is 29.9 Å². The Morgan fingerprint density at radius 3 is 2.26 bits per heavy atom. The van der Waals surface area contributed by atoms with Crippen molar-refractivity contribution in [1.82, 2.24) is 0 Å². The molecule has 0 unspecified atom stereocenters. The Kier molecular flexibility index (Phi) is 4.38. The van der Waals surface area contributed by atoms with Crippen molar-refractivity contribution in [3.63, 3.8) is 0 Å². The van der Waals surface area contributed by atoms with Crippen molar-refractivity contribution in [3.05, 3.63) is 30.3 Å². The first-order valence-corrected chi connectivity index (χ1v) is 6.10. The number of hydrogen-bond acceptors (Lipinski definition) is 6. The van der Waals surface area contributed by atoms with Gasteiger partial charge < -0.3 is 29.9 Å². The summed E-state index contributed by atoms with van der Waals surface area (Å²) < 4.78 is 10.7. The van der Waals surface area contributed by atoms with Gasteiger partial charge in [0, 0.05) is 0 Å². The molecule has 1 aromatic rings. The lowest BCUT2D eigenvalue weighted by Gasteiger charge is -2.41. The lowest BCUT2D eigenvalue weighted by molar-refractivity contribution is -0.286. The van der Waals surface area contributed by atoms with E-state index in [0.29, 0.717) is 5.75 Å². The largest absolute Gasteiger partial charge is 0.462 e. The van der Waals surface area contributed by atoms with Gasteiger partial charge in [0.25, 0.3) is 0 Å². The maximum Gasteiger partial charge on any atom is 0.229 e. The molecule has 2 rings (SSSR count). The molecule has 1 saturated heterocycles. The highest BCUT2D eigenvalue weighted by atomic mass is 16.7. The van der Waals surface area contributed by atoms with E-state index in [9.17, 15) is 20.4 Å². The van der Waals surface area contributed by atoms with Crippen LogP contribution in [0.3, 0.4) is 0 Å². The van der Waals surface area contributed by atoms with Crippen molar-refractivity contribution in [2.75, 3.05) is 0 Å². The topological polar surface area (TPSA) is 99.4 Å². The first kappa shape index (κ1) is 14.2. The Labute approximate surface area is 110 Å². The van der Waals surface area contributed by atoms with Gasteiger partial charge in [0.2, 0.25) is 6.29 Å². The van der Waals surface area contributed by atoms with Crippen LogP contribution < -0.4 is 4.74 Å². The molecular formula is C13H18O6. The minimum atomic E-state index is -1.44. The van der Waals surface area contributed by atoms with Gasteiger partial charge in [-0.1, -0.05) is 18.2 Å². The van der Waals surface area contributed by atoms with Crippen molar-refractivity contribution >= 4 is 0 Å². The molecule has 6 atom stereocenters. The van der Waals surface area contributed by atoms with Crippen molar-refractivity contribution in [2.24, 2.45) is 0 Å². The summed E-state index contributed by atoms with van der Waals surface area (Å²) in [4.78, 5) is 0. The van der Waals surface area contributed by atoms with Gasteiger partial charge in [0.1, 0.15) is 30.2 Å². The molecule has 0 amide bonds. The van der Waals surface area contributed by atoms with Crippen LogP contribution in [0.15, 0.2) is 30.3 Å². The van der Waals surface area contributed by atoms with E-state index in [0.717, 1.165) is 0 Å². The zero-order chi connectivity index (χ0) is 14.0. The quantitative estimate of drug-likeness (QED) is 0.577. The van der Waals surface area contributed by atoms with E-state index in [1.165, 1.54) is 6.92 Å². The van der Waals surface area contributed by atoms with Crippen LogP contribution >= 0.6 is 0 Å². The Balaban J connectivity index is 2.11. The highest BCUT2D eigenvalue weighted by molar-refractivity contribution is 5.21. The van der Waals surface area contributed by atoms with Gasteiger partial charge in [0.15, 0.2) is 0 Å². The van der Waals surface area contributed by atoms with Crippen molar-refractivity contribution in [2.45, 2.75) is 43.7 Å². The molecule has 19 heavy (non-hydrogen) atoms. The van der Waals surface area contributed by atoms with Gasteiger partial charge >= 0.3 is 0 Å². The van der Waals surface area contributed by atoms with E-state index in [-0.39, 0.29) is 0 Å². The van der Waals surface area contributed by atoms with Crippen LogP contribution in [0.25, 0.3) is 0 Å². The molecule has 1 fully saturated rings. The molecule has 6 nitrogen and oxygen atoms in total. The number of rotatable bonds is 3. The molecule has 0 aliphatic carbocycles. The van der Waals surface area contributed by atoms with E-state index in [2.05, 4.69) is 0 Å². The molecule has 0 bridgehead atoms. The second kappa shape index (κ2) is 5.85. The maximum atomic E-state index is 9.83. The van der Waals surface area contributed by atoms with Crippen LogP contribution in [0.1, 0.15) is 6.92 Å². The average molecular weight is 270 g/mol. The summed E-state index contributed by atoms with van der Waals surface area (Å²) in [5, 5.41) is 38.8. The summed E-state index contributed by atoms with van der Waals surface area (Å²) in [5.41, 5.74) is 0. The molecule has 0 radical (unpaired) electrons. The second-order valence-electron chi connectivity index (χ2n) is 4.61. The predicted octanol–water partition coefficient (Wildman–Crippen LogP) is -0.746. The number of ether oxygens (including phenoxy) is 2. The minimum Gasteiger partial charge on any atom is -0.462 e. The lowest BCUT2D eigenvalue weighted by atomic mass is 9.96. The molecule has 1 aliphatic rings. The van der Waals surface area contributed by atoms with Gasteiger partial charge in [-0.2, -0.15) is 0 Å². The Morgan fingerprint density at radius 2 is 1.68 bits per heavy atom. The van der Waals surface area contributed by atoms with E-state index in [1.807, 2.05) is 6.07 Å². The molecule has 1 aromatic carbocycles. The van der Waals surface area contributed by atoms with Crippen LogP contribution in [-0.2, 0) is 4.74 Å². The van der Waals surface area contributed by atoms with Crippen LogP contribution in [0, 0.1) is 0 Å². The molecular weight excluding hydrogens is 252 g/mol. The smallest absolute Gasteiger partial charge is 0.229 e. The third kappa shape index (κ3) is 3.05. The average Bonchev–Trinajstić information content (AvgIpc) is 2.40. The normalized spacial score (nSPS) is 36.8. The molecule has 4 N–H and O–H groups in total. The van der Waals surface area contributed by atoms with Gasteiger partial charge in [-0.15, -0.1) is 0 Å². The number of benzene rings is 1. The number of hydrogen-bond donors (Lipinski definition) is 4. The van der Waals surface area contributed by atoms with Crippen molar-refractivity contribution in [3.8, 4) is 5.75 Å². The fraction of sp³-hybridized carbons (Fsp3) is 0.538. The summed E-state index contributed by atoms with van der Waals surface area (Å²) in [7, 11) is 0. The van der Waals surface area contributed by atoms with E-state index in [1.54, 1.807) is 24.3 Å². The predicted molar refractivity (Wildman–Crippen MR) is 65.4 cm³/mol. The highest BCUT2D eigenvalue weighted by Gasteiger charge is 2.46. The summed E-state index contributed by atoms with van der Waals surface area (Å²) in [6.45, 7) is 1.43. The van der Waals surface area contributed by atoms with Gasteiger partial charge in [-0.05, 0) is 19.1 Å². The lowest BCUT2D eigenvalue weighted by Crippen LogP contribution is -2.61. The molecule has 1 heterocycles. The third-order valence-electron chi connectivity index (χ3n) is 3.08. The number of aliphatic hydroxyl groups is 4. The molecule has 0 aromatic heterocycles. The summed E-state index contributed by atoms with van der Waals surface area (Å²) in [6, 6.07) is 8.65. The Morgan fingerprint density at radius 1 is 1.05 bits per heavy atom. The number of para-hydroxylation sites is 1. The van der Waals surface area contributed by atoms with Crippen LogP contribution in [-0.4, -0.2) is 57.2 Å². The van der Waals surface area contributed by atoms with E-state index >= 15 is 0 Å². The highest BCUT2D eigenvalue weighted by Crippen LogP contribution is 2.25. The Bertz CT molecular complexity index is 395. The van der Waals surface area contributed by atoms with Gasteiger partial charge in [-0.3, -0.25) is 0 Å². The van der Waals surface area contributed by atoms with E-state index < -0.39 is 36.8 Å². The summed E-state index contributed by atoms with van der Waals surface area (Å²) in [6.07, 6.45) is -7.38. The first-order chi connectivity index (χ1) is 9.00. The monoisotopic (exact) mass is 270 g/mol. The van der Waals surface area contributed by atoms with Gasteiger partial charge in [0.05, 0.1) is 6.10 Å². The zero-order valence-electron chi connectivity index (χ0n) is 10.5. The molecule has 0 spiro atoms. The molecule has 106 valence electrons. The summed E-state index contributed by atoms with van der Waals surface area (Å²) in [5.74, 6) is 0.458. The SMILES string of the molecule is C[C@@H](O)[C@H]1O[C@@H](Oc2ccccc2)[C@H](O)[C@@H](O)[C@@H]1O. The maximum absolute atomic E-state index is 9.83. The van der Waals surface area contributed by atoms with Crippen LogP contribution in [0.4, 0.5) is 0 Å². The Hall–Kier alpha value is -1.18. The van der Waals surface area contributed by atoms with Crippen LogP contribution in [0.5, 0.6) is 5.75 Å². The third-order valence-corrected chi connectivity index (χ3v) is 3.08. The summed E-state index contributed by atoms with van der Waals surface area (Å²) >= 11 is 0. The molecule has 1 aliphatic heterocycles. The molecule has 0 saturated carbocycles. The first-order valence-electron chi connectivity index (χ1n) is 6.10. The second-order valence-corrected chi connectivity index (χ2v) is 4.61. The standard InChI is InChI=1S/C13H18O6/c1-7(14)12-10(16)9(15)11(17)13(19-12)18-8-5-3-2-4-6-8/h2-7,9-17H,1H3/t7-,9+,10+,11-,12-,13-/m1/s1. The van der Waals surface area contributed by atoms with Crippen molar-refractivity contribution in [1.29, 1.82) is 0 Å². The fourth-order valence-electron chi connectivity index (χ4n) is 2.00. The number of aliphatic hydroxyl groups excluding tert-OH is 4. The zero-order valence-corrected chi connectivity index (χ0v) is 10.5. The fourth-order valence-corrected chi connectivity index (χ4v) is 2.00. The van der Waals surface area contributed by atoms with Crippen LogP contribution in [0.2, 0.25) is 0 Å². The molecule has 6 heteroatoms.